The van der Waals surface area contributed by atoms with Crippen molar-refractivity contribution >= 4 is 80.5 Å². The number of thiophene rings is 1. The van der Waals surface area contributed by atoms with Crippen molar-refractivity contribution in [2.45, 2.75) is 102 Å². The van der Waals surface area contributed by atoms with Gasteiger partial charge < -0.3 is 24.2 Å². The summed E-state index contributed by atoms with van der Waals surface area (Å²) in [5.74, 6) is -0.516. The van der Waals surface area contributed by atoms with Crippen LogP contribution in [0.25, 0.3) is 10.1 Å². The van der Waals surface area contributed by atoms with Crippen LogP contribution in [0.5, 0.6) is 0 Å². The topological polar surface area (TPSA) is 152 Å². The van der Waals surface area contributed by atoms with Crippen LogP contribution in [0.4, 0.5) is 8.78 Å². The minimum atomic E-state index is -5.22. The van der Waals surface area contributed by atoms with E-state index >= 15 is 8.78 Å². The van der Waals surface area contributed by atoms with Gasteiger partial charge in [0, 0.05) is 72.1 Å². The first-order valence-electron chi connectivity index (χ1n) is 20.5. The fraction of sp³-hybridized carbons (Fsp3) is 0.571. The zero-order chi connectivity index (χ0) is 43.2. The first-order chi connectivity index (χ1) is 28.6. The van der Waals surface area contributed by atoms with Gasteiger partial charge in [0.05, 0.1) is 18.1 Å². The maximum absolute atomic E-state index is 16.4. The van der Waals surface area contributed by atoms with Crippen molar-refractivity contribution in [3.8, 4) is 0 Å². The number of carbonyl (C=O) groups is 5. The lowest BCUT2D eigenvalue weighted by molar-refractivity contribution is -0.148. The highest BCUT2D eigenvalue weighted by Crippen LogP contribution is 2.67. The lowest BCUT2D eigenvalue weighted by Gasteiger charge is -2.42. The van der Waals surface area contributed by atoms with Crippen LogP contribution in [0.3, 0.4) is 0 Å². The molecule has 60 heavy (non-hydrogen) atoms. The van der Waals surface area contributed by atoms with Crippen LogP contribution in [-0.2, 0) is 38.5 Å². The second-order valence-electron chi connectivity index (χ2n) is 16.4. The first-order valence-corrected chi connectivity index (χ1v) is 24.8. The van der Waals surface area contributed by atoms with Gasteiger partial charge in [-0.3, -0.25) is 33.5 Å². The van der Waals surface area contributed by atoms with Gasteiger partial charge in [0.2, 0.25) is 11.8 Å². The lowest BCUT2D eigenvalue weighted by Crippen LogP contribution is -2.58. The number of alkyl halides is 2. The van der Waals surface area contributed by atoms with Crippen molar-refractivity contribution in [2.75, 3.05) is 37.8 Å². The molecule has 2 aromatic heterocycles. The molecule has 1 N–H and O–H groups in total. The molecule has 3 aliphatic heterocycles. The largest absolute Gasteiger partial charge is 0.404 e. The van der Waals surface area contributed by atoms with Crippen molar-refractivity contribution in [1.29, 1.82) is 0 Å². The van der Waals surface area contributed by atoms with Crippen LogP contribution in [-0.4, -0.2) is 98.7 Å². The van der Waals surface area contributed by atoms with Crippen molar-refractivity contribution in [1.82, 2.24) is 20.1 Å². The number of nitrogens with zero attached hydrogens (tertiary/aromatic N) is 3. The number of nitrogens with one attached hydrogen (secondary N) is 1. The van der Waals surface area contributed by atoms with Gasteiger partial charge >= 0.3 is 13.3 Å². The molecule has 0 saturated carbocycles. The Hall–Kier alpha value is -3.21. The average Bonchev–Trinajstić information content (AvgIpc) is 3.78. The van der Waals surface area contributed by atoms with E-state index < -0.39 is 50.0 Å². The minimum Gasteiger partial charge on any atom is -0.340 e. The molecule has 5 heterocycles. The Labute approximate surface area is 362 Å². The Morgan fingerprint density at radius 3 is 2.23 bits per heavy atom. The van der Waals surface area contributed by atoms with Crippen LogP contribution >= 0.6 is 42.5 Å². The molecule has 0 bridgehead atoms. The van der Waals surface area contributed by atoms with Gasteiger partial charge in [-0.25, -0.2) is 0 Å². The van der Waals surface area contributed by atoms with Gasteiger partial charge in [0.1, 0.15) is 12.1 Å². The molecule has 6 rings (SSSR count). The molecule has 3 amide bonds. The van der Waals surface area contributed by atoms with Gasteiger partial charge in [-0.15, -0.1) is 11.3 Å². The molecule has 1 aromatic carbocycles. The number of pyridine rings is 1. The Balaban J connectivity index is 1.12. The molecule has 0 aliphatic carbocycles. The summed E-state index contributed by atoms with van der Waals surface area (Å²) >= 11 is 2.88. The Morgan fingerprint density at radius 2 is 1.62 bits per heavy atom. The molecule has 3 aliphatic rings. The van der Waals surface area contributed by atoms with Crippen LogP contribution in [0.15, 0.2) is 48.8 Å². The zero-order valence-electron chi connectivity index (χ0n) is 34.3. The highest BCUT2D eigenvalue weighted by molar-refractivity contribution is 8.13. The molecule has 326 valence electrons. The van der Waals surface area contributed by atoms with Crippen LogP contribution in [0, 0.1) is 11.8 Å². The molecule has 3 fully saturated rings. The summed E-state index contributed by atoms with van der Waals surface area (Å²) in [4.78, 5) is 73.7. The third kappa shape index (κ3) is 11.0. The number of hydrogen-bond donors (Lipinski definition) is 1. The van der Waals surface area contributed by atoms with E-state index in [-0.39, 0.29) is 67.6 Å². The monoisotopic (exact) mass is 906 g/mol. The van der Waals surface area contributed by atoms with Gasteiger partial charge in [-0.2, -0.15) is 8.78 Å². The van der Waals surface area contributed by atoms with E-state index in [1.807, 2.05) is 46.0 Å². The number of amides is 3. The highest BCUT2D eigenvalue weighted by Gasteiger charge is 2.55. The fourth-order valence-electron chi connectivity index (χ4n) is 7.77. The van der Waals surface area contributed by atoms with E-state index in [0.29, 0.717) is 56.3 Å². The predicted octanol–water partition coefficient (Wildman–Crippen LogP) is 8.45. The van der Waals surface area contributed by atoms with Crippen molar-refractivity contribution in [2.24, 2.45) is 11.8 Å². The predicted molar refractivity (Wildman–Crippen MR) is 231 cm³/mol. The average molecular weight is 907 g/mol. The van der Waals surface area contributed by atoms with E-state index in [2.05, 4.69) is 10.3 Å². The molecule has 3 saturated heterocycles. The third-order valence-corrected chi connectivity index (χ3v) is 15.6. The summed E-state index contributed by atoms with van der Waals surface area (Å²) in [5, 5.41) is 2.88. The van der Waals surface area contributed by atoms with E-state index in [9.17, 15) is 28.5 Å². The van der Waals surface area contributed by atoms with Crippen LogP contribution in [0.1, 0.15) is 99.4 Å². The molecule has 12 nitrogen and oxygen atoms in total. The number of aromatic nitrogens is 1. The second-order valence-corrected chi connectivity index (χ2v) is 21.8. The highest BCUT2D eigenvalue weighted by atomic mass is 32.2. The smallest absolute Gasteiger partial charge is 0.340 e. The molecule has 0 radical (unpaired) electrons. The summed E-state index contributed by atoms with van der Waals surface area (Å²) in [5.41, 5.74) is -3.71. The number of fused-ring (bicyclic) bond motifs is 2. The van der Waals surface area contributed by atoms with Crippen LogP contribution < -0.4 is 5.32 Å². The second kappa shape index (κ2) is 20.3. The normalized spacial score (nSPS) is 20.1. The lowest BCUT2D eigenvalue weighted by atomic mass is 9.92. The maximum atomic E-state index is 16.4. The van der Waals surface area contributed by atoms with Crippen LogP contribution in [0.2, 0.25) is 0 Å². The van der Waals surface area contributed by atoms with Crippen molar-refractivity contribution in [3.05, 3.63) is 64.8 Å². The Kier molecular flexibility index (Phi) is 15.7. The number of hydrogen-bond acceptors (Lipinski definition) is 12. The maximum Gasteiger partial charge on any atom is 0.404 e. The molecular weight excluding hydrogens is 854 g/mol. The van der Waals surface area contributed by atoms with Gasteiger partial charge in [0.25, 0.3) is 5.91 Å². The number of benzene rings is 1. The van der Waals surface area contributed by atoms with Gasteiger partial charge in [-0.05, 0) is 79.2 Å². The van der Waals surface area contributed by atoms with Gasteiger partial charge in [0.15, 0.2) is 10.2 Å². The van der Waals surface area contributed by atoms with E-state index in [4.69, 9.17) is 9.05 Å². The number of likely N-dealkylation sites (tertiary alicyclic amines) is 1. The molecule has 18 heteroatoms. The Bertz CT molecular complexity index is 2050. The summed E-state index contributed by atoms with van der Waals surface area (Å²) in [6.07, 6.45) is 7.18. The summed E-state index contributed by atoms with van der Waals surface area (Å²) < 4.78 is 57.9. The number of halogens is 2. The van der Waals surface area contributed by atoms with E-state index in [0.717, 1.165) is 59.0 Å². The number of thioether (sulfide) groups is 2. The molecule has 3 aromatic rings. The quantitative estimate of drug-likeness (QED) is 0.0967. The number of rotatable bonds is 18. The Morgan fingerprint density at radius 1 is 0.950 bits per heavy atom. The summed E-state index contributed by atoms with van der Waals surface area (Å²) in [6, 6.07) is 7.42. The zero-order valence-corrected chi connectivity index (χ0v) is 37.7. The molecule has 3 atom stereocenters. The minimum absolute atomic E-state index is 0.0107. The van der Waals surface area contributed by atoms with Crippen molar-refractivity contribution in [3.63, 3.8) is 0 Å². The van der Waals surface area contributed by atoms with E-state index in [1.165, 1.54) is 12.1 Å². The fourth-order valence-corrected chi connectivity index (χ4v) is 12.2. The summed E-state index contributed by atoms with van der Waals surface area (Å²) in [7, 11) is -5.22. The SMILES string of the molecule is CC(C)CC(=O)SCCOP(=O)(OCCSC(=O)CC(C)C)C(F)(F)c1ccc2sc(C(=O)NC3CCC[C@H]4CC[C@@H](C(=O)N5CC(c6cccnc6)C5)N4C3=O)cc2c1. The molecular formula is C42H53F2N4O8PS3. The third-order valence-electron chi connectivity index (χ3n) is 10.8. The van der Waals surface area contributed by atoms with E-state index in [1.54, 1.807) is 16.0 Å². The first kappa shape index (κ1) is 46.3. The standard InChI is InChI=1S/C42H53F2N4O8PS3/c1-26(2)19-37(49)58-17-15-55-57(54,56-16-18-59-38(50)20-27(3)4)42(43,44)31-10-13-35-29(21-31)22-36(60-35)39(51)46-33-9-5-8-32-11-12-34(48(32)40(33)52)41(53)47-24-30(25-47)28-7-6-14-45-23-28/h6-7,10,13-14,21-23,26-27,30,32-34H,5,8-9,11-12,15-20,24-25H2,1-4H3,(H,46,51)/t32-,33?,34-/m0/s1. The molecule has 0 spiro atoms. The summed E-state index contributed by atoms with van der Waals surface area (Å²) in [6.45, 7) is 7.78. The molecule has 1 unspecified atom stereocenters. The number of carbonyl (C=O) groups excluding carboxylic acids is 5. The van der Waals surface area contributed by atoms with Crippen molar-refractivity contribution < 1.29 is 46.4 Å². The van der Waals surface area contributed by atoms with Gasteiger partial charge in [-0.1, -0.05) is 63.4 Å².